The number of aromatic nitrogens is 1. The zero-order valence-corrected chi connectivity index (χ0v) is 11.4. The normalized spacial score (nSPS) is 10.4. The third kappa shape index (κ3) is 2.79. The summed E-state index contributed by atoms with van der Waals surface area (Å²) in [7, 11) is 1.56. The molecule has 18 heavy (non-hydrogen) atoms. The summed E-state index contributed by atoms with van der Waals surface area (Å²) in [5.74, 6) is 0.339. The van der Waals surface area contributed by atoms with E-state index >= 15 is 0 Å². The molecule has 96 valence electrons. The second kappa shape index (κ2) is 5.35. The van der Waals surface area contributed by atoms with E-state index in [2.05, 4.69) is 10.3 Å². The Hall–Kier alpha value is -1.62. The molecule has 0 atom stereocenters. The number of nitrogens with one attached hydrogen (secondary N) is 1. The van der Waals surface area contributed by atoms with Crippen LogP contribution < -0.4 is 10.1 Å². The number of hydrogen-bond donors (Lipinski definition) is 1. The van der Waals surface area contributed by atoms with E-state index in [1.165, 1.54) is 10.9 Å². The number of rotatable bonds is 4. The molecule has 0 radical (unpaired) electrons. The number of hydrogen-bond acceptors (Lipinski definition) is 4. The second-order valence-electron chi connectivity index (χ2n) is 3.95. The van der Waals surface area contributed by atoms with Gasteiger partial charge in [-0.3, -0.25) is 0 Å². The quantitative estimate of drug-likeness (QED) is 0.919. The average molecular weight is 266 g/mol. The second-order valence-corrected chi connectivity index (χ2v) is 5.24. The number of anilines is 1. The highest BCUT2D eigenvalue weighted by molar-refractivity contribution is 7.11. The van der Waals surface area contributed by atoms with Crippen LogP contribution in [-0.4, -0.2) is 12.1 Å². The molecule has 0 fully saturated rings. The fraction of sp³-hybridized carbons (Fsp3) is 0.308. The Morgan fingerprint density at radius 1 is 1.39 bits per heavy atom. The van der Waals surface area contributed by atoms with E-state index in [-0.39, 0.29) is 5.82 Å². The van der Waals surface area contributed by atoms with Gasteiger partial charge in [-0.15, -0.1) is 11.3 Å². The Labute approximate surface area is 110 Å². The number of ether oxygens (including phenoxy) is 1. The van der Waals surface area contributed by atoms with E-state index in [0.29, 0.717) is 18.0 Å². The van der Waals surface area contributed by atoms with Crippen molar-refractivity contribution in [3.63, 3.8) is 0 Å². The lowest BCUT2D eigenvalue weighted by atomic mass is 10.3. The molecule has 0 saturated carbocycles. The molecule has 2 rings (SSSR count). The monoisotopic (exact) mass is 266 g/mol. The third-order valence-electron chi connectivity index (χ3n) is 2.68. The summed E-state index contributed by atoms with van der Waals surface area (Å²) in [6, 6.07) is 4.63. The molecule has 1 heterocycles. The van der Waals surface area contributed by atoms with Crippen molar-refractivity contribution in [1.29, 1.82) is 0 Å². The summed E-state index contributed by atoms with van der Waals surface area (Å²) in [5, 5.41) is 3.99. The van der Waals surface area contributed by atoms with E-state index in [1.54, 1.807) is 30.6 Å². The van der Waals surface area contributed by atoms with Crippen LogP contribution in [0.3, 0.4) is 0 Å². The van der Waals surface area contributed by atoms with Crippen molar-refractivity contribution in [2.45, 2.75) is 20.4 Å². The van der Waals surface area contributed by atoms with Crippen LogP contribution in [0, 0.1) is 19.7 Å². The van der Waals surface area contributed by atoms with Crippen molar-refractivity contribution in [1.82, 2.24) is 4.98 Å². The van der Waals surface area contributed by atoms with Gasteiger partial charge < -0.3 is 10.1 Å². The van der Waals surface area contributed by atoms with E-state index in [4.69, 9.17) is 4.74 Å². The maximum atomic E-state index is 13.6. The van der Waals surface area contributed by atoms with Crippen molar-refractivity contribution in [2.24, 2.45) is 0 Å². The highest BCUT2D eigenvalue weighted by Crippen LogP contribution is 2.23. The SMILES string of the molecule is COc1ccc(F)c(NCc2nc(C)c(C)s2)c1. The fourth-order valence-corrected chi connectivity index (χ4v) is 2.43. The van der Waals surface area contributed by atoms with Gasteiger partial charge in [0, 0.05) is 10.9 Å². The van der Waals surface area contributed by atoms with Crippen molar-refractivity contribution in [3.8, 4) is 5.75 Å². The maximum Gasteiger partial charge on any atom is 0.146 e. The lowest BCUT2D eigenvalue weighted by molar-refractivity contribution is 0.414. The summed E-state index contributed by atoms with van der Waals surface area (Å²) < 4.78 is 18.6. The topological polar surface area (TPSA) is 34.1 Å². The van der Waals surface area contributed by atoms with E-state index in [0.717, 1.165) is 10.7 Å². The zero-order valence-electron chi connectivity index (χ0n) is 10.6. The van der Waals surface area contributed by atoms with Crippen molar-refractivity contribution in [2.75, 3.05) is 12.4 Å². The largest absolute Gasteiger partial charge is 0.497 e. The van der Waals surface area contributed by atoms with Crippen LogP contribution in [0.25, 0.3) is 0 Å². The predicted molar refractivity (Wildman–Crippen MR) is 71.9 cm³/mol. The maximum absolute atomic E-state index is 13.6. The molecule has 0 bridgehead atoms. The molecule has 0 amide bonds. The molecule has 0 saturated heterocycles. The summed E-state index contributed by atoms with van der Waals surface area (Å²) >= 11 is 1.62. The number of methoxy groups -OCH3 is 1. The molecule has 5 heteroatoms. The first-order chi connectivity index (χ1) is 8.60. The predicted octanol–water partition coefficient (Wildman–Crippen LogP) is 3.52. The van der Waals surface area contributed by atoms with Gasteiger partial charge in [0.1, 0.15) is 16.6 Å². The standard InChI is InChI=1S/C13H15FN2OS/c1-8-9(2)18-13(16-8)7-15-12-6-10(17-3)4-5-11(12)14/h4-6,15H,7H2,1-3H3. The first kappa shape index (κ1) is 12.8. The zero-order chi connectivity index (χ0) is 13.1. The van der Waals surface area contributed by atoms with Crippen LogP contribution in [0.4, 0.5) is 10.1 Å². The van der Waals surface area contributed by atoms with Crippen LogP contribution in [0.15, 0.2) is 18.2 Å². The van der Waals surface area contributed by atoms with Crippen LogP contribution in [0.1, 0.15) is 15.6 Å². The smallest absolute Gasteiger partial charge is 0.146 e. The van der Waals surface area contributed by atoms with Gasteiger partial charge in [-0.1, -0.05) is 0 Å². The Kier molecular flexibility index (Phi) is 3.81. The molecule has 1 aromatic carbocycles. The van der Waals surface area contributed by atoms with Crippen LogP contribution >= 0.6 is 11.3 Å². The highest BCUT2D eigenvalue weighted by Gasteiger charge is 2.06. The van der Waals surface area contributed by atoms with Gasteiger partial charge >= 0.3 is 0 Å². The summed E-state index contributed by atoms with van der Waals surface area (Å²) in [6.07, 6.45) is 0. The van der Waals surface area contributed by atoms with Gasteiger partial charge in [0.2, 0.25) is 0 Å². The molecule has 1 aromatic heterocycles. The van der Waals surface area contributed by atoms with Gasteiger partial charge in [0.25, 0.3) is 0 Å². The summed E-state index contributed by atoms with van der Waals surface area (Å²) in [6.45, 7) is 4.52. The molecular formula is C13H15FN2OS. The Bertz CT molecular complexity index is 534. The van der Waals surface area contributed by atoms with Gasteiger partial charge in [0.05, 0.1) is 25.0 Å². The summed E-state index contributed by atoms with van der Waals surface area (Å²) in [4.78, 5) is 5.59. The van der Waals surface area contributed by atoms with E-state index < -0.39 is 0 Å². The fourth-order valence-electron chi connectivity index (χ4n) is 1.55. The Morgan fingerprint density at radius 3 is 2.78 bits per heavy atom. The first-order valence-corrected chi connectivity index (χ1v) is 6.42. The Balaban J connectivity index is 2.10. The van der Waals surface area contributed by atoms with E-state index in [9.17, 15) is 4.39 Å². The average Bonchev–Trinajstić information content (AvgIpc) is 2.68. The number of benzene rings is 1. The number of thiazole rings is 1. The van der Waals surface area contributed by atoms with Crippen molar-refractivity contribution in [3.05, 3.63) is 39.6 Å². The minimum absolute atomic E-state index is 0.291. The molecule has 3 nitrogen and oxygen atoms in total. The van der Waals surface area contributed by atoms with Crippen LogP contribution in [0.5, 0.6) is 5.75 Å². The van der Waals surface area contributed by atoms with Gasteiger partial charge in [-0.2, -0.15) is 0 Å². The molecule has 0 unspecified atom stereocenters. The number of nitrogens with zero attached hydrogens (tertiary/aromatic N) is 1. The van der Waals surface area contributed by atoms with Gasteiger partial charge in [-0.05, 0) is 26.0 Å². The first-order valence-electron chi connectivity index (χ1n) is 5.60. The van der Waals surface area contributed by atoms with Crippen LogP contribution in [-0.2, 0) is 6.54 Å². The minimum atomic E-state index is -0.291. The van der Waals surface area contributed by atoms with Gasteiger partial charge in [0.15, 0.2) is 0 Å². The molecule has 0 aliphatic heterocycles. The van der Waals surface area contributed by atoms with Crippen molar-refractivity contribution < 1.29 is 9.13 Å². The number of aryl methyl sites for hydroxylation is 2. The Morgan fingerprint density at radius 2 is 2.17 bits per heavy atom. The highest BCUT2D eigenvalue weighted by atomic mass is 32.1. The van der Waals surface area contributed by atoms with Gasteiger partial charge in [-0.25, -0.2) is 9.37 Å². The molecular weight excluding hydrogens is 251 g/mol. The lowest BCUT2D eigenvalue weighted by Gasteiger charge is -2.07. The molecule has 0 spiro atoms. The molecule has 1 N–H and O–H groups in total. The number of halogens is 1. The lowest BCUT2D eigenvalue weighted by Crippen LogP contribution is -2.01. The third-order valence-corrected chi connectivity index (χ3v) is 3.75. The van der Waals surface area contributed by atoms with Crippen LogP contribution in [0.2, 0.25) is 0 Å². The molecule has 0 aliphatic carbocycles. The minimum Gasteiger partial charge on any atom is -0.497 e. The molecule has 2 aromatic rings. The summed E-state index contributed by atoms with van der Waals surface area (Å²) in [5.41, 5.74) is 1.46. The van der Waals surface area contributed by atoms with Crippen molar-refractivity contribution >= 4 is 17.0 Å². The van der Waals surface area contributed by atoms with E-state index in [1.807, 2.05) is 13.8 Å². The molecule has 0 aliphatic rings.